The van der Waals surface area contributed by atoms with Gasteiger partial charge in [0.1, 0.15) is 0 Å². The quantitative estimate of drug-likeness (QED) is 0.821. The Morgan fingerprint density at radius 2 is 2.07 bits per heavy atom. The van der Waals surface area contributed by atoms with E-state index in [2.05, 4.69) is 26.5 Å². The zero-order chi connectivity index (χ0) is 9.97. The molecule has 1 N–H and O–H groups in total. The van der Waals surface area contributed by atoms with Crippen molar-refractivity contribution < 1.29 is 9.53 Å². The molecule has 1 amide bonds. The van der Waals surface area contributed by atoms with Crippen LogP contribution in [0.25, 0.3) is 0 Å². The molecule has 0 saturated heterocycles. The van der Waals surface area contributed by atoms with Crippen molar-refractivity contribution in [3.8, 4) is 0 Å². The van der Waals surface area contributed by atoms with Crippen LogP contribution in [0, 0.1) is 0 Å². The van der Waals surface area contributed by atoms with Crippen molar-refractivity contribution >= 4 is 27.7 Å². The number of carbonyl (C=O) groups excluding carboxylic acids is 1. The van der Waals surface area contributed by atoms with Gasteiger partial charge >= 0.3 is 0 Å². The second-order valence-electron chi connectivity index (χ2n) is 2.75. The molecule has 0 spiro atoms. The van der Waals surface area contributed by atoms with Crippen molar-refractivity contribution in [3.63, 3.8) is 0 Å². The highest BCUT2D eigenvalue weighted by Crippen LogP contribution is 2.12. The topological polar surface area (TPSA) is 50.7 Å². The Hall–Kier alpha value is -1.36. The molecule has 14 heavy (non-hydrogen) atoms. The molecule has 1 aromatic rings. The molecule has 72 valence electrons. The van der Waals surface area contributed by atoms with Crippen molar-refractivity contribution in [2.75, 3.05) is 6.61 Å². The predicted molar refractivity (Wildman–Crippen MR) is 54.8 cm³/mol. The Bertz CT molecular complexity index is 386. The molecule has 0 fully saturated rings. The van der Waals surface area contributed by atoms with Crippen LogP contribution in [0.15, 0.2) is 33.8 Å². The number of rotatable bonds is 1. The van der Waals surface area contributed by atoms with E-state index in [1.165, 1.54) is 0 Å². The Morgan fingerprint density at radius 3 is 2.64 bits per heavy atom. The number of ether oxygens (including phenoxy) is 1. The molecular weight excluding hydrogens is 248 g/mol. The molecule has 1 aliphatic heterocycles. The molecule has 0 radical (unpaired) electrons. The van der Waals surface area contributed by atoms with Gasteiger partial charge < -0.3 is 4.74 Å². The van der Waals surface area contributed by atoms with E-state index in [1.807, 2.05) is 24.3 Å². The molecule has 5 heteroatoms. The van der Waals surface area contributed by atoms with Gasteiger partial charge in [0.25, 0.3) is 5.91 Å². The minimum Gasteiger partial charge on any atom is -0.466 e. The average molecular weight is 255 g/mol. The summed E-state index contributed by atoms with van der Waals surface area (Å²) in [4.78, 5) is 10.7. The summed E-state index contributed by atoms with van der Waals surface area (Å²) in [5.74, 6) is 0.211. The van der Waals surface area contributed by atoms with E-state index in [4.69, 9.17) is 4.74 Å². The normalized spacial score (nSPS) is 15.5. The van der Waals surface area contributed by atoms with Gasteiger partial charge in [-0.2, -0.15) is 0 Å². The van der Waals surface area contributed by atoms with Crippen molar-refractivity contribution in [1.82, 2.24) is 5.43 Å². The molecule has 1 aliphatic rings. The van der Waals surface area contributed by atoms with Crippen molar-refractivity contribution in [3.05, 3.63) is 34.3 Å². The van der Waals surface area contributed by atoms with Crippen LogP contribution < -0.4 is 5.43 Å². The highest BCUT2D eigenvalue weighted by molar-refractivity contribution is 9.10. The maximum absolute atomic E-state index is 10.7. The highest BCUT2D eigenvalue weighted by atomic mass is 79.9. The first kappa shape index (κ1) is 9.21. The molecule has 0 atom stereocenters. The fourth-order valence-electron chi connectivity index (χ4n) is 1.05. The monoisotopic (exact) mass is 254 g/mol. The van der Waals surface area contributed by atoms with Gasteiger partial charge in [-0.05, 0) is 24.3 Å². The number of hydrogen-bond acceptors (Lipinski definition) is 3. The largest absolute Gasteiger partial charge is 0.466 e. The lowest BCUT2D eigenvalue weighted by Crippen LogP contribution is -2.32. The number of hydrazone groups is 1. The van der Waals surface area contributed by atoms with Crippen LogP contribution in [0.4, 0.5) is 0 Å². The molecule has 2 rings (SSSR count). The maximum Gasteiger partial charge on any atom is 0.278 e. The van der Waals surface area contributed by atoms with E-state index in [0.29, 0.717) is 5.90 Å². The molecular formula is C9H7BrN2O2. The third kappa shape index (κ3) is 1.93. The molecule has 0 unspecified atom stereocenters. The maximum atomic E-state index is 10.7. The average Bonchev–Trinajstić information content (AvgIpc) is 2.21. The SMILES string of the molecule is O=C1COC(c2ccc(Br)cc2)=NN1. The summed E-state index contributed by atoms with van der Waals surface area (Å²) in [6.45, 7) is 0.0227. The Kier molecular flexibility index (Phi) is 2.49. The van der Waals surface area contributed by atoms with Crippen LogP contribution >= 0.6 is 15.9 Å². The number of benzene rings is 1. The molecule has 1 heterocycles. The summed E-state index contributed by atoms with van der Waals surface area (Å²) in [6, 6.07) is 7.50. The second kappa shape index (κ2) is 3.79. The van der Waals surface area contributed by atoms with Crippen LogP contribution in [-0.4, -0.2) is 18.4 Å². The van der Waals surface area contributed by atoms with Gasteiger partial charge in [-0.15, -0.1) is 5.10 Å². The van der Waals surface area contributed by atoms with E-state index in [-0.39, 0.29) is 12.5 Å². The minimum absolute atomic E-state index is 0.0227. The molecule has 0 aliphatic carbocycles. The summed E-state index contributed by atoms with van der Waals surface area (Å²) >= 11 is 3.33. The minimum atomic E-state index is -0.231. The smallest absolute Gasteiger partial charge is 0.278 e. The van der Waals surface area contributed by atoms with Crippen molar-refractivity contribution in [2.45, 2.75) is 0 Å². The predicted octanol–water partition coefficient (Wildman–Crippen LogP) is 1.26. The summed E-state index contributed by atoms with van der Waals surface area (Å²) in [6.07, 6.45) is 0. The summed E-state index contributed by atoms with van der Waals surface area (Å²) in [5.41, 5.74) is 3.20. The highest BCUT2D eigenvalue weighted by Gasteiger charge is 2.13. The van der Waals surface area contributed by atoms with E-state index in [9.17, 15) is 4.79 Å². The summed E-state index contributed by atoms with van der Waals surface area (Å²) in [7, 11) is 0. The standard InChI is InChI=1S/C9H7BrN2O2/c10-7-3-1-6(2-4-7)9-12-11-8(13)5-14-9/h1-4H,5H2,(H,11,13). The number of halogens is 1. The van der Waals surface area contributed by atoms with Crippen LogP contribution in [0.3, 0.4) is 0 Å². The van der Waals surface area contributed by atoms with Crippen molar-refractivity contribution in [2.24, 2.45) is 5.10 Å². The lowest BCUT2D eigenvalue weighted by molar-refractivity contribution is -0.124. The molecule has 0 bridgehead atoms. The number of carbonyl (C=O) groups is 1. The van der Waals surface area contributed by atoms with E-state index >= 15 is 0 Å². The van der Waals surface area contributed by atoms with Gasteiger partial charge in [0.15, 0.2) is 6.61 Å². The number of nitrogens with one attached hydrogen (secondary N) is 1. The van der Waals surface area contributed by atoms with E-state index in [0.717, 1.165) is 10.0 Å². The second-order valence-corrected chi connectivity index (χ2v) is 3.66. The Morgan fingerprint density at radius 1 is 1.36 bits per heavy atom. The third-order valence-electron chi connectivity index (χ3n) is 1.71. The zero-order valence-electron chi connectivity index (χ0n) is 7.16. The van der Waals surface area contributed by atoms with Gasteiger partial charge in [-0.1, -0.05) is 15.9 Å². The van der Waals surface area contributed by atoms with Gasteiger partial charge in [-0.25, -0.2) is 5.43 Å². The first-order valence-corrected chi connectivity index (χ1v) is 4.80. The fourth-order valence-corrected chi connectivity index (χ4v) is 1.32. The number of amides is 1. The fraction of sp³-hybridized carbons (Fsp3) is 0.111. The van der Waals surface area contributed by atoms with Crippen LogP contribution in [0.1, 0.15) is 5.56 Å². The van der Waals surface area contributed by atoms with E-state index < -0.39 is 0 Å². The molecule has 0 saturated carbocycles. The lowest BCUT2D eigenvalue weighted by atomic mass is 10.2. The number of hydrogen-bond donors (Lipinski definition) is 1. The Labute approximate surface area is 89.1 Å². The lowest BCUT2D eigenvalue weighted by Gasteiger charge is -2.13. The third-order valence-corrected chi connectivity index (χ3v) is 2.24. The van der Waals surface area contributed by atoms with E-state index in [1.54, 1.807) is 0 Å². The van der Waals surface area contributed by atoms with Gasteiger partial charge in [0.05, 0.1) is 0 Å². The van der Waals surface area contributed by atoms with Gasteiger partial charge in [0.2, 0.25) is 5.90 Å². The van der Waals surface area contributed by atoms with Crippen LogP contribution in [-0.2, 0) is 9.53 Å². The summed E-state index contributed by atoms with van der Waals surface area (Å²) in [5, 5.41) is 3.79. The van der Waals surface area contributed by atoms with Crippen LogP contribution in [0.5, 0.6) is 0 Å². The van der Waals surface area contributed by atoms with Gasteiger partial charge in [0, 0.05) is 10.0 Å². The zero-order valence-corrected chi connectivity index (χ0v) is 8.74. The Balaban J connectivity index is 2.23. The molecule has 0 aromatic heterocycles. The summed E-state index contributed by atoms with van der Waals surface area (Å²) < 4.78 is 6.13. The first-order chi connectivity index (χ1) is 6.75. The van der Waals surface area contributed by atoms with Crippen molar-refractivity contribution in [1.29, 1.82) is 0 Å². The molecule has 4 nitrogen and oxygen atoms in total. The van der Waals surface area contributed by atoms with Crippen LogP contribution in [0.2, 0.25) is 0 Å². The van der Waals surface area contributed by atoms with Gasteiger partial charge in [-0.3, -0.25) is 4.79 Å². The number of nitrogens with zero attached hydrogens (tertiary/aromatic N) is 1. The first-order valence-electron chi connectivity index (χ1n) is 4.01. The molecule has 1 aromatic carbocycles.